The summed E-state index contributed by atoms with van der Waals surface area (Å²) < 4.78 is 49.0. The molecule has 0 fully saturated rings. The van der Waals surface area contributed by atoms with Gasteiger partial charge < -0.3 is 40.3 Å². The fraction of sp³-hybridized carbons (Fsp3) is 0.675. The quantitative estimate of drug-likeness (QED) is 0.136. The summed E-state index contributed by atoms with van der Waals surface area (Å²) in [4.78, 5) is 24.2. The van der Waals surface area contributed by atoms with Gasteiger partial charge in [-0.15, -0.1) is 0 Å². The molecule has 106 heavy (non-hydrogen) atoms. The number of aromatic nitrogens is 13. The fourth-order valence-electron chi connectivity index (χ4n) is 6.36. The van der Waals surface area contributed by atoms with Crippen LogP contribution >= 0.6 is 0 Å². The first-order valence-corrected chi connectivity index (χ1v) is 37.4. The standard InChI is InChI=1S/C8H13NO.3C7H12N2O.6C7H11NO.6C2H6/c1-6-5-9-7(10-6)8(2,3)4;1-5-8-6(9-10-5)7(2,3)4;1-5-8-6(10-9-5)7(2,3)4;1-5-6(7(2,3)4)9-10-8-5;1-7(2,3)6-4-9-5-8-6;1-7(2,3)6-4-8-5-9-6;1-7(2,3)6-4-8-9-5-6;1-7(2,3)6-8-4-5-9-6;1-7(2,3)6-4-5-9-8-6;1-7(2,3)6-4-5-8-9-6;6*1-2/h5H,1-4H3;3*1-4H3;6*4-5H,1-3H3;6*1-2H3. The van der Waals surface area contributed by atoms with Crippen molar-refractivity contribution in [1.29, 1.82) is 0 Å². The minimum atomic E-state index is -0.0265. The lowest BCUT2D eigenvalue weighted by Crippen LogP contribution is -2.13. The molecule has 0 unspecified atom stereocenters. The Hall–Kier alpha value is -8.11. The molecule has 0 spiro atoms. The average molecular weight is 1490 g/mol. The Labute approximate surface area is 642 Å². The number of oxazole rings is 4. The molecule has 0 aliphatic rings. The molecular formula is C83H151N13O10. The minimum Gasteiger partial charge on any atom is -0.451 e. The maximum Gasteiger partial charge on any atom is 0.232 e. The lowest BCUT2D eigenvalue weighted by Gasteiger charge is -2.13. The number of nitrogens with zero attached hydrogens (tertiary/aromatic N) is 13. The molecular weight excluding hydrogens is 1340 g/mol. The molecule has 0 atom stereocenters. The first-order valence-electron chi connectivity index (χ1n) is 37.4. The predicted octanol–water partition coefficient (Wildman–Crippen LogP) is 25.3. The van der Waals surface area contributed by atoms with Crippen molar-refractivity contribution in [3.8, 4) is 0 Å². The van der Waals surface area contributed by atoms with Gasteiger partial charge in [-0.1, -0.05) is 327 Å². The Kier molecular flexibility index (Phi) is 54.2. The van der Waals surface area contributed by atoms with E-state index in [1.165, 1.54) is 12.8 Å². The van der Waals surface area contributed by atoms with Crippen LogP contribution in [0.15, 0.2) is 126 Å². The number of hydrogen-bond donors (Lipinski definition) is 0. The van der Waals surface area contributed by atoms with Gasteiger partial charge >= 0.3 is 0 Å². The van der Waals surface area contributed by atoms with Crippen molar-refractivity contribution < 1.29 is 44.9 Å². The van der Waals surface area contributed by atoms with Crippen LogP contribution in [0.25, 0.3) is 0 Å². The van der Waals surface area contributed by atoms with Crippen LogP contribution in [0.2, 0.25) is 0 Å². The van der Waals surface area contributed by atoms with Crippen LogP contribution in [0.4, 0.5) is 0 Å². The van der Waals surface area contributed by atoms with E-state index in [1.54, 1.807) is 63.0 Å². The van der Waals surface area contributed by atoms with Gasteiger partial charge in [-0.3, -0.25) is 0 Å². The SMILES string of the molecule is CC.CC.CC.CC.CC.CC.CC(C)(C)c1ccno1.CC(C)(C)c1ccon1.CC(C)(C)c1cnco1.CC(C)(C)c1cnoc1.CC(C)(C)c1cocn1.CC(C)(C)c1ncco1.Cc1cnc(C(C)(C)C)o1.Cc1nc(C(C)(C)C)no1.Cc1noc(C(C)(C)C)n1.Cc1nonc1C(C)(C)C. The second kappa shape index (κ2) is 52.8. The van der Waals surface area contributed by atoms with E-state index in [0.29, 0.717) is 17.6 Å². The molecule has 10 aromatic heterocycles. The zero-order valence-electron chi connectivity index (χ0n) is 75.4. The highest BCUT2D eigenvalue weighted by Crippen LogP contribution is 2.26. The van der Waals surface area contributed by atoms with E-state index in [1.807, 2.05) is 137 Å². The van der Waals surface area contributed by atoms with Gasteiger partial charge in [0.05, 0.1) is 42.4 Å². The highest BCUT2D eigenvalue weighted by molar-refractivity contribution is 5.15. The van der Waals surface area contributed by atoms with Crippen molar-refractivity contribution in [3.05, 3.63) is 162 Å². The van der Waals surface area contributed by atoms with Crippen LogP contribution in [0.5, 0.6) is 0 Å². The molecule has 0 saturated heterocycles. The summed E-state index contributed by atoms with van der Waals surface area (Å²) >= 11 is 0. The molecule has 10 rings (SSSR count). The second-order valence-corrected chi connectivity index (χ2v) is 32.5. The summed E-state index contributed by atoms with van der Waals surface area (Å²) in [5.41, 5.74) is 5.65. The predicted molar refractivity (Wildman–Crippen MR) is 432 cm³/mol. The zero-order chi connectivity index (χ0) is 84.5. The van der Waals surface area contributed by atoms with Gasteiger partial charge in [0.25, 0.3) is 0 Å². The molecule has 10 heterocycles. The molecule has 0 radical (unpaired) electrons. The van der Waals surface area contributed by atoms with E-state index < -0.39 is 0 Å². The first-order chi connectivity index (χ1) is 48.6. The highest BCUT2D eigenvalue weighted by Gasteiger charge is 2.25. The molecule has 23 nitrogen and oxygen atoms in total. The molecule has 10 aromatic rings. The van der Waals surface area contributed by atoms with Crippen molar-refractivity contribution in [2.75, 3.05) is 0 Å². The Morgan fingerprint density at radius 2 is 0.877 bits per heavy atom. The Bertz CT molecular complexity index is 3000. The van der Waals surface area contributed by atoms with Crippen LogP contribution in [-0.4, -0.2) is 66.0 Å². The lowest BCUT2D eigenvalue weighted by atomic mass is 9.90. The van der Waals surface area contributed by atoms with Gasteiger partial charge in [0.1, 0.15) is 53.7 Å². The maximum atomic E-state index is 5.34. The van der Waals surface area contributed by atoms with Crippen LogP contribution in [0, 0.1) is 27.7 Å². The Morgan fingerprint density at radius 3 is 1.07 bits per heavy atom. The normalized spacial score (nSPS) is 10.9. The van der Waals surface area contributed by atoms with Gasteiger partial charge in [-0.25, -0.2) is 24.6 Å². The Balaban J connectivity index is -0.000000258. The third kappa shape index (κ3) is 50.4. The average Bonchev–Trinajstić information content (AvgIpc) is 1.71. The van der Waals surface area contributed by atoms with E-state index in [0.717, 1.165) is 63.2 Å². The summed E-state index contributed by atoms with van der Waals surface area (Å²) in [6.07, 6.45) is 18.1. The molecule has 0 bridgehead atoms. The summed E-state index contributed by atoms with van der Waals surface area (Å²) in [6, 6.07) is 3.78. The van der Waals surface area contributed by atoms with Crippen LogP contribution in [-0.2, 0) is 54.1 Å². The van der Waals surface area contributed by atoms with Gasteiger partial charge in [0.2, 0.25) is 11.8 Å². The highest BCUT2D eigenvalue weighted by atomic mass is 16.6. The summed E-state index contributed by atoms with van der Waals surface area (Å²) in [6.45, 7) is 93.9. The van der Waals surface area contributed by atoms with Crippen LogP contribution in [0.1, 0.15) is 372 Å². The van der Waals surface area contributed by atoms with Crippen molar-refractivity contribution >= 4 is 0 Å². The van der Waals surface area contributed by atoms with E-state index in [-0.39, 0.29) is 54.1 Å². The summed E-state index contributed by atoms with van der Waals surface area (Å²) in [5.74, 6) is 7.15. The molecule has 0 aliphatic carbocycles. The van der Waals surface area contributed by atoms with Crippen molar-refractivity contribution in [2.45, 2.75) is 373 Å². The number of aryl methyl sites for hydroxylation is 4. The van der Waals surface area contributed by atoms with Gasteiger partial charge in [0.15, 0.2) is 36.2 Å². The molecule has 0 amide bonds. The fourth-order valence-corrected chi connectivity index (χ4v) is 6.36. The number of hydrogen-bond acceptors (Lipinski definition) is 23. The van der Waals surface area contributed by atoms with Crippen molar-refractivity contribution in [1.82, 2.24) is 66.0 Å². The Morgan fingerprint density at radius 1 is 0.349 bits per heavy atom. The third-order valence-electron chi connectivity index (χ3n) is 12.1. The molecule has 0 N–H and O–H groups in total. The van der Waals surface area contributed by atoms with Crippen molar-refractivity contribution in [2.24, 2.45) is 0 Å². The largest absolute Gasteiger partial charge is 0.451 e. The van der Waals surface area contributed by atoms with Crippen LogP contribution in [0.3, 0.4) is 0 Å². The minimum absolute atomic E-state index is 0.00222. The van der Waals surface area contributed by atoms with Crippen LogP contribution < -0.4 is 0 Å². The summed E-state index contributed by atoms with van der Waals surface area (Å²) in [5, 5.41) is 26.0. The summed E-state index contributed by atoms with van der Waals surface area (Å²) in [7, 11) is 0. The van der Waals surface area contributed by atoms with E-state index >= 15 is 0 Å². The lowest BCUT2D eigenvalue weighted by molar-refractivity contribution is 0.295. The molecule has 0 aliphatic heterocycles. The topological polar surface area (TPSA) is 299 Å². The monoisotopic (exact) mass is 1490 g/mol. The van der Waals surface area contributed by atoms with Gasteiger partial charge in [0, 0.05) is 73.4 Å². The smallest absolute Gasteiger partial charge is 0.232 e. The zero-order valence-corrected chi connectivity index (χ0v) is 75.4. The van der Waals surface area contributed by atoms with E-state index in [9.17, 15) is 0 Å². The van der Waals surface area contributed by atoms with E-state index in [4.69, 9.17) is 40.3 Å². The molecule has 23 heteroatoms. The van der Waals surface area contributed by atoms with Gasteiger partial charge in [-0.05, 0) is 26.2 Å². The molecule has 608 valence electrons. The first kappa shape index (κ1) is 109. The second-order valence-electron chi connectivity index (χ2n) is 32.5. The third-order valence-corrected chi connectivity index (χ3v) is 12.1. The van der Waals surface area contributed by atoms with E-state index in [2.05, 4.69) is 258 Å². The molecule has 0 saturated carbocycles. The van der Waals surface area contributed by atoms with Gasteiger partial charge in [-0.2, -0.15) is 9.97 Å². The molecule has 0 aromatic carbocycles. The number of rotatable bonds is 0. The van der Waals surface area contributed by atoms with Crippen molar-refractivity contribution in [3.63, 3.8) is 0 Å². The maximum absolute atomic E-state index is 5.34.